The molecule has 0 amide bonds. The van der Waals surface area contributed by atoms with Gasteiger partial charge in [-0.25, -0.2) is 14.6 Å². The second-order valence-electron chi connectivity index (χ2n) is 2.47. The molecule has 6 heteroatoms. The SMILES string of the molecule is O=C(O)c1ccnc2[nH]c(=O)[nH]c12. The molecule has 2 rings (SSSR count). The Morgan fingerprint density at radius 1 is 1.46 bits per heavy atom. The lowest BCUT2D eigenvalue weighted by molar-refractivity contribution is 0.0699. The number of carboxylic acids is 1. The highest BCUT2D eigenvalue weighted by Crippen LogP contribution is 2.09. The number of aromatic carboxylic acids is 1. The molecule has 0 saturated carbocycles. The number of imidazole rings is 1. The maximum atomic E-state index is 10.8. The van der Waals surface area contributed by atoms with Gasteiger partial charge in [-0.2, -0.15) is 0 Å². The average Bonchev–Trinajstić information content (AvgIpc) is 2.43. The molecule has 0 aliphatic heterocycles. The summed E-state index contributed by atoms with van der Waals surface area (Å²) in [6.45, 7) is 0. The number of nitrogens with zero attached hydrogens (tertiary/aromatic N) is 1. The lowest BCUT2D eigenvalue weighted by Gasteiger charge is -1.93. The number of rotatable bonds is 1. The van der Waals surface area contributed by atoms with Crippen LogP contribution in [0.1, 0.15) is 10.4 Å². The van der Waals surface area contributed by atoms with E-state index in [-0.39, 0.29) is 16.7 Å². The second kappa shape index (κ2) is 2.44. The normalized spacial score (nSPS) is 10.5. The van der Waals surface area contributed by atoms with Crippen molar-refractivity contribution in [2.24, 2.45) is 0 Å². The van der Waals surface area contributed by atoms with Crippen molar-refractivity contribution < 1.29 is 9.90 Å². The fourth-order valence-electron chi connectivity index (χ4n) is 1.11. The summed E-state index contributed by atoms with van der Waals surface area (Å²) in [6, 6.07) is 1.33. The summed E-state index contributed by atoms with van der Waals surface area (Å²) in [5.74, 6) is -1.09. The highest BCUT2D eigenvalue weighted by Gasteiger charge is 2.10. The predicted molar refractivity (Wildman–Crippen MR) is 43.7 cm³/mol. The number of hydrogen-bond acceptors (Lipinski definition) is 3. The molecule has 66 valence electrons. The van der Waals surface area contributed by atoms with Crippen LogP contribution in [0.5, 0.6) is 0 Å². The quantitative estimate of drug-likeness (QED) is 0.571. The summed E-state index contributed by atoms with van der Waals surface area (Å²) >= 11 is 0. The third-order valence-electron chi connectivity index (χ3n) is 1.65. The molecule has 0 atom stereocenters. The fourth-order valence-corrected chi connectivity index (χ4v) is 1.11. The van der Waals surface area contributed by atoms with E-state index in [0.29, 0.717) is 0 Å². The third kappa shape index (κ3) is 1.08. The molecule has 0 aliphatic rings. The van der Waals surface area contributed by atoms with Crippen LogP contribution in [0.4, 0.5) is 0 Å². The molecule has 2 heterocycles. The van der Waals surface area contributed by atoms with Crippen LogP contribution >= 0.6 is 0 Å². The number of aromatic nitrogens is 3. The van der Waals surface area contributed by atoms with E-state index < -0.39 is 11.7 Å². The monoisotopic (exact) mass is 179 g/mol. The molecule has 3 N–H and O–H groups in total. The van der Waals surface area contributed by atoms with Crippen molar-refractivity contribution in [2.45, 2.75) is 0 Å². The van der Waals surface area contributed by atoms with Gasteiger partial charge in [0.25, 0.3) is 0 Å². The van der Waals surface area contributed by atoms with Gasteiger partial charge in [0.2, 0.25) is 0 Å². The number of pyridine rings is 1. The molecule has 0 fully saturated rings. The zero-order chi connectivity index (χ0) is 9.42. The van der Waals surface area contributed by atoms with Gasteiger partial charge < -0.3 is 10.1 Å². The van der Waals surface area contributed by atoms with Gasteiger partial charge in [-0.05, 0) is 6.07 Å². The van der Waals surface area contributed by atoms with E-state index >= 15 is 0 Å². The van der Waals surface area contributed by atoms with Gasteiger partial charge in [-0.3, -0.25) is 4.98 Å². The zero-order valence-electron chi connectivity index (χ0n) is 6.37. The van der Waals surface area contributed by atoms with E-state index in [0.717, 1.165) is 0 Å². The van der Waals surface area contributed by atoms with E-state index in [1.54, 1.807) is 0 Å². The zero-order valence-corrected chi connectivity index (χ0v) is 6.37. The van der Waals surface area contributed by atoms with Crippen LogP contribution < -0.4 is 5.69 Å². The molecule has 0 saturated heterocycles. The van der Waals surface area contributed by atoms with Crippen molar-refractivity contribution in [2.75, 3.05) is 0 Å². The number of aromatic amines is 2. The largest absolute Gasteiger partial charge is 0.478 e. The van der Waals surface area contributed by atoms with Crippen LogP contribution in [0.2, 0.25) is 0 Å². The molecule has 0 aromatic carbocycles. The lowest BCUT2D eigenvalue weighted by Crippen LogP contribution is -2.01. The van der Waals surface area contributed by atoms with E-state index in [2.05, 4.69) is 15.0 Å². The second-order valence-corrected chi connectivity index (χ2v) is 2.47. The molecular weight excluding hydrogens is 174 g/mol. The van der Waals surface area contributed by atoms with Crippen LogP contribution in [0.15, 0.2) is 17.1 Å². The van der Waals surface area contributed by atoms with Gasteiger partial charge in [-0.1, -0.05) is 0 Å². The standard InChI is InChI=1S/C7H5N3O3/c11-6(12)3-1-2-8-5-4(3)9-7(13)10-5/h1-2H,(H,11,12)(H2,8,9,10,13). The maximum absolute atomic E-state index is 10.8. The van der Waals surface area contributed by atoms with E-state index in [9.17, 15) is 9.59 Å². The summed E-state index contributed by atoms with van der Waals surface area (Å²) in [5.41, 5.74) is 0.0458. The Hall–Kier alpha value is -2.11. The average molecular weight is 179 g/mol. The molecule has 0 aliphatic carbocycles. The first-order chi connectivity index (χ1) is 6.18. The van der Waals surface area contributed by atoms with Gasteiger partial charge in [0.15, 0.2) is 5.65 Å². The van der Waals surface area contributed by atoms with Gasteiger partial charge in [0, 0.05) is 6.20 Å². The minimum Gasteiger partial charge on any atom is -0.478 e. The first-order valence-electron chi connectivity index (χ1n) is 3.49. The van der Waals surface area contributed by atoms with Crippen molar-refractivity contribution in [3.05, 3.63) is 28.3 Å². The number of hydrogen-bond donors (Lipinski definition) is 3. The van der Waals surface area contributed by atoms with Crippen molar-refractivity contribution in [1.82, 2.24) is 15.0 Å². The number of carbonyl (C=O) groups is 1. The van der Waals surface area contributed by atoms with Crippen LogP contribution in [-0.2, 0) is 0 Å². The third-order valence-corrected chi connectivity index (χ3v) is 1.65. The van der Waals surface area contributed by atoms with Crippen molar-refractivity contribution >= 4 is 17.1 Å². The van der Waals surface area contributed by atoms with Crippen LogP contribution in [0.25, 0.3) is 11.2 Å². The van der Waals surface area contributed by atoms with Gasteiger partial charge in [-0.15, -0.1) is 0 Å². The molecule has 2 aromatic heterocycles. The van der Waals surface area contributed by atoms with E-state index in [4.69, 9.17) is 5.11 Å². The molecule has 13 heavy (non-hydrogen) atoms. The molecule has 0 unspecified atom stereocenters. The summed E-state index contributed by atoms with van der Waals surface area (Å²) in [6.07, 6.45) is 1.33. The first kappa shape index (κ1) is 7.53. The lowest BCUT2D eigenvalue weighted by atomic mass is 10.2. The summed E-state index contributed by atoms with van der Waals surface area (Å²) in [5, 5.41) is 8.73. The maximum Gasteiger partial charge on any atom is 0.338 e. The number of fused-ring (bicyclic) bond motifs is 1. The summed E-state index contributed by atoms with van der Waals surface area (Å²) < 4.78 is 0. The van der Waals surface area contributed by atoms with E-state index in [1.807, 2.05) is 0 Å². The van der Waals surface area contributed by atoms with Crippen LogP contribution in [-0.4, -0.2) is 26.0 Å². The molecule has 0 spiro atoms. The highest BCUT2D eigenvalue weighted by molar-refractivity contribution is 5.99. The van der Waals surface area contributed by atoms with Gasteiger partial charge in [0.1, 0.15) is 5.52 Å². The summed E-state index contributed by atoms with van der Waals surface area (Å²) in [7, 11) is 0. The minimum absolute atomic E-state index is 0.0309. The minimum atomic E-state index is -1.09. The van der Waals surface area contributed by atoms with Crippen molar-refractivity contribution in [3.63, 3.8) is 0 Å². The highest BCUT2D eigenvalue weighted by atomic mass is 16.4. The number of carboxylic acid groups (broad SMARTS) is 1. The smallest absolute Gasteiger partial charge is 0.338 e. The summed E-state index contributed by atoms with van der Waals surface area (Å²) in [4.78, 5) is 30.0. The fraction of sp³-hybridized carbons (Fsp3) is 0. The Kier molecular flexibility index (Phi) is 1.42. The molecule has 2 aromatic rings. The van der Waals surface area contributed by atoms with Crippen molar-refractivity contribution in [3.8, 4) is 0 Å². The Morgan fingerprint density at radius 2 is 2.23 bits per heavy atom. The Bertz CT molecular complexity index is 525. The molecule has 0 radical (unpaired) electrons. The van der Waals surface area contributed by atoms with Crippen LogP contribution in [0, 0.1) is 0 Å². The van der Waals surface area contributed by atoms with Gasteiger partial charge in [0.05, 0.1) is 5.56 Å². The van der Waals surface area contributed by atoms with Crippen LogP contribution in [0.3, 0.4) is 0 Å². The Morgan fingerprint density at radius 3 is 2.92 bits per heavy atom. The van der Waals surface area contributed by atoms with Crippen molar-refractivity contribution in [1.29, 1.82) is 0 Å². The molecule has 0 bridgehead atoms. The Balaban J connectivity index is 2.90. The Labute approximate surface area is 71.2 Å². The predicted octanol–water partition coefficient (Wildman–Crippen LogP) is -0.0506. The molecule has 6 nitrogen and oxygen atoms in total. The van der Waals surface area contributed by atoms with E-state index in [1.165, 1.54) is 12.3 Å². The van der Waals surface area contributed by atoms with Gasteiger partial charge >= 0.3 is 11.7 Å². The topological polar surface area (TPSA) is 98.8 Å². The number of nitrogens with one attached hydrogen (secondary N) is 2. The molecular formula is C7H5N3O3. The number of H-pyrrole nitrogens is 2. The first-order valence-corrected chi connectivity index (χ1v) is 3.49.